The van der Waals surface area contributed by atoms with E-state index < -0.39 is 5.97 Å². The van der Waals surface area contributed by atoms with Gasteiger partial charge in [0, 0.05) is 0 Å². The molecule has 0 radical (unpaired) electrons. The second-order valence-corrected chi connectivity index (χ2v) is 3.81. The van der Waals surface area contributed by atoms with Gasteiger partial charge in [-0.15, -0.1) is 0 Å². The summed E-state index contributed by atoms with van der Waals surface area (Å²) in [7, 11) is 1.47. The van der Waals surface area contributed by atoms with Crippen LogP contribution in [0.1, 0.15) is 10.4 Å². The molecule has 0 bridgehead atoms. The number of methoxy groups -OCH3 is 1. The maximum Gasteiger partial charge on any atom is 0.339 e. The highest BCUT2D eigenvalue weighted by atomic mass is 16.5. The normalized spacial score (nSPS) is 9.95. The smallest absolute Gasteiger partial charge is 0.339 e. The quantitative estimate of drug-likeness (QED) is 0.825. The zero-order valence-electron chi connectivity index (χ0n) is 10.3. The lowest BCUT2D eigenvalue weighted by Gasteiger charge is -2.11. The zero-order chi connectivity index (χ0) is 13.8. The molecule has 0 atom stereocenters. The third-order valence-electron chi connectivity index (χ3n) is 2.56. The van der Waals surface area contributed by atoms with Crippen molar-refractivity contribution >= 4 is 11.7 Å². The molecule has 0 aliphatic heterocycles. The Morgan fingerprint density at radius 2 is 1.89 bits per heavy atom. The lowest BCUT2D eigenvalue weighted by atomic mass is 10.2. The van der Waals surface area contributed by atoms with E-state index >= 15 is 0 Å². The molecule has 0 aromatic heterocycles. The molecule has 2 aromatic rings. The van der Waals surface area contributed by atoms with E-state index in [0.29, 0.717) is 17.2 Å². The summed E-state index contributed by atoms with van der Waals surface area (Å²) in [5.41, 5.74) is 6.21. The van der Waals surface area contributed by atoms with Gasteiger partial charge in [0.25, 0.3) is 0 Å². The third-order valence-corrected chi connectivity index (χ3v) is 2.56. The highest BCUT2D eigenvalue weighted by Crippen LogP contribution is 2.31. The lowest BCUT2D eigenvalue weighted by molar-refractivity contribution is 0.0693. The summed E-state index contributed by atoms with van der Waals surface area (Å²) in [6, 6.07) is 11.4. The van der Waals surface area contributed by atoms with Crippen LogP contribution in [-0.4, -0.2) is 18.2 Å². The number of para-hydroxylation sites is 2. The molecule has 98 valence electrons. The van der Waals surface area contributed by atoms with Crippen LogP contribution in [0.15, 0.2) is 42.5 Å². The topological polar surface area (TPSA) is 81.8 Å². The number of anilines is 1. The van der Waals surface area contributed by atoms with Gasteiger partial charge in [0.1, 0.15) is 22.8 Å². The van der Waals surface area contributed by atoms with Gasteiger partial charge in [-0.3, -0.25) is 0 Å². The molecule has 19 heavy (non-hydrogen) atoms. The Bertz CT molecular complexity index is 610. The predicted molar refractivity (Wildman–Crippen MR) is 70.9 cm³/mol. The number of rotatable bonds is 4. The van der Waals surface area contributed by atoms with Crippen molar-refractivity contribution < 1.29 is 19.4 Å². The van der Waals surface area contributed by atoms with Gasteiger partial charge in [0.15, 0.2) is 0 Å². The van der Waals surface area contributed by atoms with Gasteiger partial charge >= 0.3 is 5.97 Å². The Labute approximate surface area is 110 Å². The summed E-state index contributed by atoms with van der Waals surface area (Å²) in [5, 5.41) is 9.17. The van der Waals surface area contributed by atoms with E-state index in [9.17, 15) is 4.79 Å². The lowest BCUT2D eigenvalue weighted by Crippen LogP contribution is -2.01. The second-order valence-electron chi connectivity index (χ2n) is 3.81. The van der Waals surface area contributed by atoms with Crippen LogP contribution in [0.2, 0.25) is 0 Å². The van der Waals surface area contributed by atoms with E-state index in [1.54, 1.807) is 30.3 Å². The zero-order valence-corrected chi connectivity index (χ0v) is 10.3. The number of nitrogens with two attached hydrogens (primary N) is 1. The van der Waals surface area contributed by atoms with E-state index in [1.165, 1.54) is 19.2 Å². The summed E-state index contributed by atoms with van der Waals surface area (Å²) in [6.45, 7) is 0. The van der Waals surface area contributed by atoms with Crippen molar-refractivity contribution in [1.82, 2.24) is 0 Å². The molecular weight excluding hydrogens is 246 g/mol. The molecule has 2 rings (SSSR count). The van der Waals surface area contributed by atoms with Crippen LogP contribution in [0.4, 0.5) is 5.69 Å². The first-order valence-corrected chi connectivity index (χ1v) is 5.55. The fraction of sp³-hybridized carbons (Fsp3) is 0.0714. The fourth-order valence-corrected chi connectivity index (χ4v) is 1.58. The number of carboxylic acid groups (broad SMARTS) is 1. The molecule has 0 saturated heterocycles. The van der Waals surface area contributed by atoms with Gasteiger partial charge in [0.2, 0.25) is 0 Å². The van der Waals surface area contributed by atoms with Crippen molar-refractivity contribution in [3.63, 3.8) is 0 Å². The van der Waals surface area contributed by atoms with E-state index in [0.717, 1.165) is 0 Å². The molecule has 0 heterocycles. The summed E-state index contributed by atoms with van der Waals surface area (Å²) in [6.07, 6.45) is 0. The molecule has 0 saturated carbocycles. The molecule has 0 aliphatic rings. The van der Waals surface area contributed by atoms with Crippen molar-refractivity contribution in [2.45, 2.75) is 0 Å². The molecule has 5 nitrogen and oxygen atoms in total. The molecule has 0 fully saturated rings. The number of nitrogen functional groups attached to an aromatic ring is 1. The third kappa shape index (κ3) is 2.77. The minimum Gasteiger partial charge on any atom is -0.497 e. The van der Waals surface area contributed by atoms with Crippen LogP contribution in [0, 0.1) is 0 Å². The van der Waals surface area contributed by atoms with E-state index in [4.69, 9.17) is 20.3 Å². The van der Waals surface area contributed by atoms with E-state index in [2.05, 4.69) is 0 Å². The number of benzene rings is 2. The van der Waals surface area contributed by atoms with Gasteiger partial charge in [-0.2, -0.15) is 0 Å². The summed E-state index contributed by atoms with van der Waals surface area (Å²) in [5.74, 6) is -0.0180. The molecule has 5 heteroatoms. The van der Waals surface area contributed by atoms with Crippen LogP contribution in [0.25, 0.3) is 0 Å². The van der Waals surface area contributed by atoms with Gasteiger partial charge in [-0.1, -0.05) is 12.1 Å². The first-order valence-electron chi connectivity index (χ1n) is 5.55. The van der Waals surface area contributed by atoms with E-state index in [-0.39, 0.29) is 11.3 Å². The number of hydrogen-bond donors (Lipinski definition) is 2. The number of carboxylic acids is 1. The van der Waals surface area contributed by atoms with Crippen molar-refractivity contribution in [3.05, 3.63) is 48.0 Å². The fourth-order valence-electron chi connectivity index (χ4n) is 1.58. The number of ether oxygens (including phenoxy) is 2. The first kappa shape index (κ1) is 12.8. The van der Waals surface area contributed by atoms with Crippen LogP contribution >= 0.6 is 0 Å². The van der Waals surface area contributed by atoms with Crippen LogP contribution in [0.5, 0.6) is 17.2 Å². The Hall–Kier alpha value is -2.69. The predicted octanol–water partition coefficient (Wildman–Crippen LogP) is 2.77. The number of aromatic carboxylic acids is 1. The van der Waals surface area contributed by atoms with Gasteiger partial charge < -0.3 is 20.3 Å². The minimum absolute atomic E-state index is 0.0163. The average Bonchev–Trinajstić information content (AvgIpc) is 2.41. The average molecular weight is 259 g/mol. The number of carbonyl (C=O) groups is 1. The minimum atomic E-state index is -1.09. The van der Waals surface area contributed by atoms with E-state index in [1.807, 2.05) is 0 Å². The maximum atomic E-state index is 11.2. The summed E-state index contributed by atoms with van der Waals surface area (Å²) >= 11 is 0. The monoisotopic (exact) mass is 259 g/mol. The van der Waals surface area contributed by atoms with Crippen molar-refractivity contribution in [3.8, 4) is 17.2 Å². The standard InChI is InChI=1S/C14H13NO4/c1-18-9-6-7-12(10(8-9)14(16)17)19-13-5-3-2-4-11(13)15/h2-8H,15H2,1H3,(H,16,17). The molecule has 0 amide bonds. The molecule has 0 unspecified atom stereocenters. The highest BCUT2D eigenvalue weighted by Gasteiger charge is 2.14. The van der Waals surface area contributed by atoms with Gasteiger partial charge in [-0.05, 0) is 30.3 Å². The molecule has 0 spiro atoms. The Balaban J connectivity index is 2.40. The maximum absolute atomic E-state index is 11.2. The molecule has 3 N–H and O–H groups in total. The summed E-state index contributed by atoms with van der Waals surface area (Å²) in [4.78, 5) is 11.2. The Morgan fingerprint density at radius 1 is 1.16 bits per heavy atom. The summed E-state index contributed by atoms with van der Waals surface area (Å²) < 4.78 is 10.5. The largest absolute Gasteiger partial charge is 0.497 e. The molecule has 2 aromatic carbocycles. The van der Waals surface area contributed by atoms with Crippen molar-refractivity contribution in [2.75, 3.05) is 12.8 Å². The first-order chi connectivity index (χ1) is 9.11. The van der Waals surface area contributed by atoms with Crippen LogP contribution < -0.4 is 15.2 Å². The van der Waals surface area contributed by atoms with Crippen LogP contribution in [-0.2, 0) is 0 Å². The Morgan fingerprint density at radius 3 is 2.53 bits per heavy atom. The molecular formula is C14H13NO4. The second kappa shape index (κ2) is 5.30. The van der Waals surface area contributed by atoms with Gasteiger partial charge in [0.05, 0.1) is 12.8 Å². The Kier molecular flexibility index (Phi) is 3.56. The highest BCUT2D eigenvalue weighted by molar-refractivity contribution is 5.91. The molecule has 0 aliphatic carbocycles. The SMILES string of the molecule is COc1ccc(Oc2ccccc2N)c(C(=O)O)c1. The van der Waals surface area contributed by atoms with Crippen LogP contribution in [0.3, 0.4) is 0 Å². The van der Waals surface area contributed by atoms with Crippen molar-refractivity contribution in [2.24, 2.45) is 0 Å². The number of hydrogen-bond acceptors (Lipinski definition) is 4. The van der Waals surface area contributed by atoms with Crippen molar-refractivity contribution in [1.29, 1.82) is 0 Å². The van der Waals surface area contributed by atoms with Gasteiger partial charge in [-0.25, -0.2) is 4.79 Å².